The fourth-order valence-corrected chi connectivity index (χ4v) is 6.04. The minimum atomic E-state index is -0.625. The van der Waals surface area contributed by atoms with E-state index in [0.717, 1.165) is 83.5 Å². The Kier molecular flexibility index (Phi) is 21.0. The van der Waals surface area contributed by atoms with E-state index in [9.17, 15) is 29.4 Å². The van der Waals surface area contributed by atoms with E-state index in [4.69, 9.17) is 0 Å². The Morgan fingerprint density at radius 3 is 1.46 bits per heavy atom. The third kappa shape index (κ3) is 15.6. The largest absolute Gasteiger partial charge is 0.507 e. The summed E-state index contributed by atoms with van der Waals surface area (Å²) in [6.07, 6.45) is 17.9. The van der Waals surface area contributed by atoms with Crippen LogP contribution in [-0.4, -0.2) is 33.8 Å². The van der Waals surface area contributed by atoms with Crippen LogP contribution in [0.15, 0.2) is 36.4 Å². The predicted octanol–water partition coefficient (Wildman–Crippen LogP) is 8.10. The Labute approximate surface area is 299 Å². The van der Waals surface area contributed by atoms with Gasteiger partial charge in [-0.15, -0.1) is 0 Å². The van der Waals surface area contributed by atoms with Crippen molar-refractivity contribution in [3.8, 4) is 11.5 Å². The quantitative estimate of drug-likeness (QED) is 0.0482. The van der Waals surface area contributed by atoms with Gasteiger partial charge in [-0.25, -0.2) is 0 Å². The van der Waals surface area contributed by atoms with E-state index in [0.29, 0.717) is 30.4 Å². The number of benzene rings is 2. The van der Waals surface area contributed by atoms with Crippen LogP contribution in [0.1, 0.15) is 168 Å². The van der Waals surface area contributed by atoms with Gasteiger partial charge in [0, 0.05) is 12.3 Å². The average molecular weight is 695 g/mol. The zero-order valence-electron chi connectivity index (χ0n) is 30.7. The molecule has 0 aromatic heterocycles. The van der Waals surface area contributed by atoms with E-state index < -0.39 is 29.5 Å². The second-order valence-electron chi connectivity index (χ2n) is 13.3. The lowest BCUT2D eigenvalue weighted by molar-refractivity contribution is -0.127. The molecule has 0 heterocycles. The summed E-state index contributed by atoms with van der Waals surface area (Å²) >= 11 is 0. The van der Waals surface area contributed by atoms with Crippen LogP contribution >= 0.6 is 0 Å². The summed E-state index contributed by atoms with van der Waals surface area (Å²) in [5.74, 6) is -2.86. The number of carbonyl (C=O) groups is 4. The van der Waals surface area contributed by atoms with Crippen LogP contribution in [0.25, 0.3) is 0 Å². The van der Waals surface area contributed by atoms with Crippen LogP contribution in [-0.2, 0) is 22.4 Å². The van der Waals surface area contributed by atoms with Crippen molar-refractivity contribution in [2.24, 2.45) is 5.92 Å². The number of carbonyl (C=O) groups excluding carboxylic acids is 4. The number of phenols is 2. The van der Waals surface area contributed by atoms with Crippen molar-refractivity contribution in [2.75, 3.05) is 0 Å². The molecule has 0 aliphatic rings. The average Bonchev–Trinajstić information content (AvgIpc) is 3.11. The minimum Gasteiger partial charge on any atom is -0.507 e. The Morgan fingerprint density at radius 1 is 0.540 bits per heavy atom. The maximum absolute atomic E-state index is 13.2. The molecule has 10 nitrogen and oxygen atoms in total. The highest BCUT2D eigenvalue weighted by molar-refractivity contribution is 5.99. The standard InChI is InChI=1S/C40H62N4O6/c1-4-7-10-13-16-21-30-24-19-26-33(36(30)46)39(49)43-41-35(45)29-28-32(23-18-15-12-9-6-3)38(48)42-44-40(50)34-27-20-25-31(37(34)47)22-17-14-11-8-5-2/h19-20,24-27,32,46-47H,4-18,21-23,28-29H2,1-3H3,(H,41,45)(H,42,48)(H,43,49)(H,44,50). The molecule has 2 rings (SSSR count). The topological polar surface area (TPSA) is 157 Å². The summed E-state index contributed by atoms with van der Waals surface area (Å²) < 4.78 is 0. The van der Waals surface area contributed by atoms with Gasteiger partial charge in [-0.1, -0.05) is 129 Å². The number of rotatable bonds is 24. The van der Waals surface area contributed by atoms with Gasteiger partial charge in [-0.3, -0.25) is 40.9 Å². The van der Waals surface area contributed by atoms with Crippen molar-refractivity contribution in [1.29, 1.82) is 0 Å². The molecule has 0 bridgehead atoms. The van der Waals surface area contributed by atoms with Gasteiger partial charge in [-0.05, 0) is 61.8 Å². The Hall–Kier alpha value is -4.08. The Morgan fingerprint density at radius 2 is 0.980 bits per heavy atom. The van der Waals surface area contributed by atoms with Crippen LogP contribution in [0.4, 0.5) is 0 Å². The number of aromatic hydroxyl groups is 2. The Balaban J connectivity index is 1.92. The molecule has 0 saturated carbocycles. The first-order valence-corrected chi connectivity index (χ1v) is 19.0. The zero-order chi connectivity index (χ0) is 36.6. The number of hydrazine groups is 2. The maximum Gasteiger partial charge on any atom is 0.273 e. The van der Waals surface area contributed by atoms with Crippen LogP contribution in [0.3, 0.4) is 0 Å². The highest BCUT2D eigenvalue weighted by Crippen LogP contribution is 2.26. The molecule has 2 aromatic rings. The summed E-state index contributed by atoms with van der Waals surface area (Å²) in [5, 5.41) is 21.4. The number of phenolic OH excluding ortho intramolecular Hbond substituents is 2. The fourth-order valence-electron chi connectivity index (χ4n) is 6.04. The van der Waals surface area contributed by atoms with Crippen molar-refractivity contribution < 1.29 is 29.4 Å². The number of hydrogen-bond donors (Lipinski definition) is 6. The first-order chi connectivity index (χ1) is 24.2. The number of para-hydroxylation sites is 2. The zero-order valence-corrected chi connectivity index (χ0v) is 30.7. The lowest BCUT2D eigenvalue weighted by atomic mass is 9.95. The van der Waals surface area contributed by atoms with Gasteiger partial charge in [0.05, 0.1) is 11.1 Å². The highest BCUT2D eigenvalue weighted by Gasteiger charge is 2.22. The highest BCUT2D eigenvalue weighted by atomic mass is 16.3. The molecule has 0 fully saturated rings. The molecule has 1 unspecified atom stereocenters. The minimum absolute atomic E-state index is 0.0356. The second kappa shape index (κ2) is 25.0. The molecular formula is C40H62N4O6. The van der Waals surface area contributed by atoms with Crippen molar-refractivity contribution in [2.45, 2.75) is 149 Å². The Bertz CT molecular complexity index is 1330. The number of amides is 4. The smallest absolute Gasteiger partial charge is 0.273 e. The van der Waals surface area contributed by atoms with Gasteiger partial charge in [0.25, 0.3) is 11.8 Å². The van der Waals surface area contributed by atoms with Gasteiger partial charge in [0.1, 0.15) is 11.5 Å². The molecule has 0 radical (unpaired) electrons. The van der Waals surface area contributed by atoms with E-state index in [-0.39, 0.29) is 35.5 Å². The molecule has 50 heavy (non-hydrogen) atoms. The lowest BCUT2D eigenvalue weighted by Gasteiger charge is -2.18. The summed E-state index contributed by atoms with van der Waals surface area (Å²) in [7, 11) is 0. The third-order valence-corrected chi connectivity index (χ3v) is 9.19. The van der Waals surface area contributed by atoms with Crippen molar-refractivity contribution in [3.63, 3.8) is 0 Å². The molecule has 278 valence electrons. The maximum atomic E-state index is 13.2. The van der Waals surface area contributed by atoms with Gasteiger partial charge >= 0.3 is 0 Å². The van der Waals surface area contributed by atoms with Crippen molar-refractivity contribution in [1.82, 2.24) is 21.7 Å². The van der Waals surface area contributed by atoms with Crippen LogP contribution in [0, 0.1) is 5.92 Å². The van der Waals surface area contributed by atoms with E-state index in [1.807, 2.05) is 6.07 Å². The van der Waals surface area contributed by atoms with Gasteiger partial charge in [0.2, 0.25) is 11.8 Å². The van der Waals surface area contributed by atoms with Gasteiger partial charge in [-0.2, -0.15) is 0 Å². The van der Waals surface area contributed by atoms with E-state index in [2.05, 4.69) is 42.5 Å². The number of aryl methyl sites for hydroxylation is 2. The molecule has 0 spiro atoms. The third-order valence-electron chi connectivity index (χ3n) is 9.19. The molecular weight excluding hydrogens is 632 g/mol. The molecule has 1 atom stereocenters. The molecule has 6 N–H and O–H groups in total. The molecule has 10 heteroatoms. The SMILES string of the molecule is CCCCCCCc1cccc(C(=O)NNC(=O)CCC(CCCCCCC)C(=O)NNC(=O)c2cccc(CCCCCCC)c2O)c1O. The second-order valence-corrected chi connectivity index (χ2v) is 13.3. The number of unbranched alkanes of at least 4 members (excludes halogenated alkanes) is 12. The number of nitrogens with one attached hydrogen (secondary N) is 4. The fraction of sp³-hybridized carbons (Fsp3) is 0.600. The number of hydrogen-bond acceptors (Lipinski definition) is 6. The van der Waals surface area contributed by atoms with Crippen LogP contribution in [0.2, 0.25) is 0 Å². The first-order valence-electron chi connectivity index (χ1n) is 19.0. The van der Waals surface area contributed by atoms with E-state index in [1.54, 1.807) is 18.2 Å². The van der Waals surface area contributed by atoms with Gasteiger partial charge < -0.3 is 10.2 Å². The monoisotopic (exact) mass is 694 g/mol. The summed E-state index contributed by atoms with van der Waals surface area (Å²) in [4.78, 5) is 51.7. The molecule has 0 aliphatic carbocycles. The van der Waals surface area contributed by atoms with E-state index in [1.165, 1.54) is 25.0 Å². The predicted molar refractivity (Wildman–Crippen MR) is 198 cm³/mol. The van der Waals surface area contributed by atoms with E-state index >= 15 is 0 Å². The lowest BCUT2D eigenvalue weighted by Crippen LogP contribution is -2.45. The van der Waals surface area contributed by atoms with Crippen molar-refractivity contribution in [3.05, 3.63) is 58.7 Å². The van der Waals surface area contributed by atoms with Crippen LogP contribution < -0.4 is 21.7 Å². The summed E-state index contributed by atoms with van der Waals surface area (Å²) in [6, 6.07) is 10.1. The van der Waals surface area contributed by atoms with Crippen LogP contribution in [0.5, 0.6) is 11.5 Å². The summed E-state index contributed by atoms with van der Waals surface area (Å²) in [5.41, 5.74) is 11.3. The van der Waals surface area contributed by atoms with Crippen molar-refractivity contribution >= 4 is 23.6 Å². The molecule has 4 amide bonds. The normalized spacial score (nSPS) is 11.5. The van der Waals surface area contributed by atoms with Gasteiger partial charge in [0.15, 0.2) is 0 Å². The first kappa shape index (κ1) is 42.1. The molecule has 2 aromatic carbocycles. The summed E-state index contributed by atoms with van der Waals surface area (Å²) in [6.45, 7) is 6.45. The molecule has 0 saturated heterocycles. The molecule has 0 aliphatic heterocycles.